The Bertz CT molecular complexity index is 289. The lowest BCUT2D eigenvalue weighted by atomic mass is 9.87. The molecule has 1 heterocycles. The van der Waals surface area contributed by atoms with Crippen molar-refractivity contribution >= 4 is 23.3 Å². The molecule has 3 nitrogen and oxygen atoms in total. The quantitative estimate of drug-likeness (QED) is 0.884. The first-order valence-electron chi connectivity index (χ1n) is 5.40. The SMILES string of the molecule is CNC1CCC(C)CC1Sc1ncns1. The smallest absolute Gasteiger partial charge is 0.170 e. The van der Waals surface area contributed by atoms with Crippen LogP contribution >= 0.6 is 23.3 Å². The molecule has 1 fully saturated rings. The van der Waals surface area contributed by atoms with E-state index >= 15 is 0 Å². The normalized spacial score (nSPS) is 31.7. The molecule has 1 aromatic rings. The van der Waals surface area contributed by atoms with Crippen molar-refractivity contribution in [2.24, 2.45) is 5.92 Å². The molecule has 0 saturated heterocycles. The van der Waals surface area contributed by atoms with E-state index in [1.165, 1.54) is 30.8 Å². The molecule has 15 heavy (non-hydrogen) atoms. The van der Waals surface area contributed by atoms with Gasteiger partial charge in [-0.25, -0.2) is 4.98 Å². The number of nitrogens with one attached hydrogen (secondary N) is 1. The maximum atomic E-state index is 4.25. The molecule has 5 heteroatoms. The maximum Gasteiger partial charge on any atom is 0.170 e. The molecule has 1 saturated carbocycles. The van der Waals surface area contributed by atoms with Gasteiger partial charge in [0.1, 0.15) is 6.33 Å². The van der Waals surface area contributed by atoms with Gasteiger partial charge in [-0.05, 0) is 43.8 Å². The Morgan fingerprint density at radius 1 is 1.53 bits per heavy atom. The molecular formula is C10H17N3S2. The van der Waals surface area contributed by atoms with Crippen LogP contribution in [0.3, 0.4) is 0 Å². The molecule has 0 spiro atoms. The molecule has 3 unspecified atom stereocenters. The van der Waals surface area contributed by atoms with E-state index < -0.39 is 0 Å². The number of nitrogens with zero attached hydrogens (tertiary/aromatic N) is 2. The Balaban J connectivity index is 1.98. The van der Waals surface area contributed by atoms with Crippen molar-refractivity contribution in [1.82, 2.24) is 14.7 Å². The minimum Gasteiger partial charge on any atom is -0.316 e. The first kappa shape index (κ1) is 11.4. The Hall–Kier alpha value is -0.130. The van der Waals surface area contributed by atoms with E-state index in [2.05, 4.69) is 28.6 Å². The Morgan fingerprint density at radius 3 is 3.07 bits per heavy atom. The first-order chi connectivity index (χ1) is 7.29. The second kappa shape index (κ2) is 5.27. The zero-order valence-corrected chi connectivity index (χ0v) is 10.8. The van der Waals surface area contributed by atoms with Crippen LogP contribution in [0, 0.1) is 5.92 Å². The summed E-state index contributed by atoms with van der Waals surface area (Å²) in [6.45, 7) is 2.35. The Kier molecular flexibility index (Phi) is 3.99. The summed E-state index contributed by atoms with van der Waals surface area (Å²) in [5.74, 6) is 0.847. The second-order valence-electron chi connectivity index (χ2n) is 4.18. The highest BCUT2D eigenvalue weighted by Gasteiger charge is 2.28. The van der Waals surface area contributed by atoms with Crippen molar-refractivity contribution in [3.05, 3.63) is 6.33 Å². The van der Waals surface area contributed by atoms with E-state index in [0.717, 1.165) is 10.3 Å². The second-order valence-corrected chi connectivity index (χ2v) is 6.44. The zero-order valence-electron chi connectivity index (χ0n) is 9.14. The third-order valence-electron chi connectivity index (χ3n) is 3.02. The molecule has 3 atom stereocenters. The molecule has 1 aliphatic carbocycles. The summed E-state index contributed by atoms with van der Waals surface area (Å²) in [6.07, 6.45) is 5.57. The fourth-order valence-electron chi connectivity index (χ4n) is 2.13. The number of hydrogen-bond acceptors (Lipinski definition) is 5. The first-order valence-corrected chi connectivity index (χ1v) is 7.05. The number of hydrogen-bond donors (Lipinski definition) is 1. The standard InChI is InChI=1S/C10H17N3S2/c1-7-3-4-8(11-2)9(5-7)14-10-12-6-13-15-10/h6-9,11H,3-5H2,1-2H3. The maximum absolute atomic E-state index is 4.25. The van der Waals surface area contributed by atoms with Crippen LogP contribution in [0.1, 0.15) is 26.2 Å². The van der Waals surface area contributed by atoms with E-state index in [1.54, 1.807) is 6.33 Å². The van der Waals surface area contributed by atoms with Crippen molar-refractivity contribution in [3.63, 3.8) is 0 Å². The monoisotopic (exact) mass is 243 g/mol. The van der Waals surface area contributed by atoms with Crippen LogP contribution in [0.4, 0.5) is 0 Å². The van der Waals surface area contributed by atoms with E-state index in [9.17, 15) is 0 Å². The molecule has 84 valence electrons. The van der Waals surface area contributed by atoms with Crippen LogP contribution in [-0.4, -0.2) is 27.7 Å². The molecule has 0 aliphatic heterocycles. The highest BCUT2D eigenvalue weighted by molar-refractivity contribution is 8.01. The summed E-state index contributed by atoms with van der Waals surface area (Å²) >= 11 is 3.39. The van der Waals surface area contributed by atoms with Gasteiger partial charge >= 0.3 is 0 Å². The van der Waals surface area contributed by atoms with Crippen LogP contribution in [0.5, 0.6) is 0 Å². The topological polar surface area (TPSA) is 37.8 Å². The Labute approximate surface area is 99.2 Å². The largest absolute Gasteiger partial charge is 0.316 e. The molecule has 1 aliphatic rings. The van der Waals surface area contributed by atoms with Gasteiger partial charge in [-0.3, -0.25) is 0 Å². The minimum absolute atomic E-state index is 0.634. The van der Waals surface area contributed by atoms with Crippen LogP contribution in [-0.2, 0) is 0 Å². The molecule has 2 rings (SSSR count). The summed E-state index contributed by atoms with van der Waals surface area (Å²) in [7, 11) is 2.06. The van der Waals surface area contributed by atoms with E-state index in [4.69, 9.17) is 0 Å². The van der Waals surface area contributed by atoms with Crippen molar-refractivity contribution < 1.29 is 0 Å². The minimum atomic E-state index is 0.634. The average Bonchev–Trinajstić information content (AvgIpc) is 2.71. The van der Waals surface area contributed by atoms with Gasteiger partial charge in [0.15, 0.2) is 4.34 Å². The van der Waals surface area contributed by atoms with Crippen molar-refractivity contribution in [1.29, 1.82) is 0 Å². The predicted octanol–water partition coefficient (Wildman–Crippen LogP) is 2.41. The van der Waals surface area contributed by atoms with E-state index in [1.807, 2.05) is 11.8 Å². The van der Waals surface area contributed by atoms with Crippen LogP contribution < -0.4 is 5.32 Å². The van der Waals surface area contributed by atoms with Crippen LogP contribution in [0.25, 0.3) is 0 Å². The average molecular weight is 243 g/mol. The van der Waals surface area contributed by atoms with Crippen molar-refractivity contribution in [3.8, 4) is 0 Å². The van der Waals surface area contributed by atoms with Gasteiger partial charge in [-0.1, -0.05) is 18.7 Å². The van der Waals surface area contributed by atoms with Gasteiger partial charge in [-0.15, -0.1) is 0 Å². The summed E-state index contributed by atoms with van der Waals surface area (Å²) in [4.78, 5) is 4.25. The van der Waals surface area contributed by atoms with Gasteiger partial charge in [0.2, 0.25) is 0 Å². The lowest BCUT2D eigenvalue weighted by molar-refractivity contribution is 0.329. The van der Waals surface area contributed by atoms with Gasteiger partial charge in [0, 0.05) is 11.3 Å². The van der Waals surface area contributed by atoms with Gasteiger partial charge < -0.3 is 5.32 Å². The number of thioether (sulfide) groups is 1. The molecule has 0 amide bonds. The lowest BCUT2D eigenvalue weighted by Gasteiger charge is -2.33. The lowest BCUT2D eigenvalue weighted by Crippen LogP contribution is -2.40. The predicted molar refractivity (Wildman–Crippen MR) is 65.4 cm³/mol. The van der Waals surface area contributed by atoms with Gasteiger partial charge in [0.05, 0.1) is 0 Å². The van der Waals surface area contributed by atoms with Crippen LogP contribution in [0.15, 0.2) is 10.7 Å². The summed E-state index contributed by atoms with van der Waals surface area (Å²) in [6, 6.07) is 0.634. The number of aromatic nitrogens is 2. The summed E-state index contributed by atoms with van der Waals surface area (Å²) < 4.78 is 5.15. The molecular weight excluding hydrogens is 226 g/mol. The molecule has 0 bridgehead atoms. The van der Waals surface area contributed by atoms with Crippen LogP contribution in [0.2, 0.25) is 0 Å². The third-order valence-corrected chi connectivity index (χ3v) is 5.12. The van der Waals surface area contributed by atoms with Gasteiger partial charge in [-0.2, -0.15) is 4.37 Å². The third kappa shape index (κ3) is 2.92. The van der Waals surface area contributed by atoms with Crippen molar-refractivity contribution in [2.75, 3.05) is 7.05 Å². The molecule has 1 N–H and O–H groups in total. The molecule has 1 aromatic heterocycles. The molecule has 0 radical (unpaired) electrons. The highest BCUT2D eigenvalue weighted by atomic mass is 32.2. The van der Waals surface area contributed by atoms with Crippen molar-refractivity contribution in [2.45, 2.75) is 41.8 Å². The summed E-state index contributed by atoms with van der Waals surface area (Å²) in [5.41, 5.74) is 0. The van der Waals surface area contributed by atoms with E-state index in [0.29, 0.717) is 11.3 Å². The zero-order chi connectivity index (χ0) is 10.7. The highest BCUT2D eigenvalue weighted by Crippen LogP contribution is 2.36. The fraction of sp³-hybridized carbons (Fsp3) is 0.800. The summed E-state index contributed by atoms with van der Waals surface area (Å²) in [5, 5.41) is 4.08. The molecule has 0 aromatic carbocycles. The number of rotatable bonds is 3. The fourth-order valence-corrected chi connectivity index (χ4v) is 4.31. The van der Waals surface area contributed by atoms with E-state index in [-0.39, 0.29) is 0 Å². The Morgan fingerprint density at radius 2 is 2.40 bits per heavy atom. The van der Waals surface area contributed by atoms with Gasteiger partial charge in [0.25, 0.3) is 0 Å².